The second kappa shape index (κ2) is 6.93. The Morgan fingerprint density at radius 3 is 2.46 bits per heavy atom. The zero-order chi connectivity index (χ0) is 19.0. The second-order valence-electron chi connectivity index (χ2n) is 6.85. The largest absolute Gasteiger partial charge is 0.466 e. The molecule has 1 N–H and O–H groups in total. The molecule has 0 atom stereocenters. The summed E-state index contributed by atoms with van der Waals surface area (Å²) < 4.78 is 19.3. The number of anilines is 1. The van der Waals surface area contributed by atoms with Gasteiger partial charge in [0.25, 0.3) is 11.5 Å². The lowest BCUT2D eigenvalue weighted by atomic mass is 10.1. The van der Waals surface area contributed by atoms with Gasteiger partial charge in [-0.25, -0.2) is 4.98 Å². The molecular formula is C18H23FN4O3. The number of aromatic nitrogens is 2. The number of halogens is 1. The summed E-state index contributed by atoms with van der Waals surface area (Å²) in [5, 5.41) is 0. The minimum absolute atomic E-state index is 0.0672. The highest BCUT2D eigenvalue weighted by molar-refractivity contribution is 5.95. The fraction of sp³-hybridized carbons (Fsp3) is 0.500. The van der Waals surface area contributed by atoms with Crippen molar-refractivity contribution >= 4 is 11.9 Å². The maximum absolute atomic E-state index is 13.9. The Kier molecular flexibility index (Phi) is 4.84. The van der Waals surface area contributed by atoms with Gasteiger partial charge in [-0.05, 0) is 25.8 Å². The molecule has 8 heteroatoms. The summed E-state index contributed by atoms with van der Waals surface area (Å²) >= 11 is 0. The summed E-state index contributed by atoms with van der Waals surface area (Å²) in [6.45, 7) is 9.16. The van der Waals surface area contributed by atoms with Crippen molar-refractivity contribution in [1.29, 1.82) is 0 Å². The third-order valence-electron chi connectivity index (χ3n) is 4.56. The number of rotatable bonds is 3. The van der Waals surface area contributed by atoms with Crippen molar-refractivity contribution in [2.45, 2.75) is 33.6 Å². The summed E-state index contributed by atoms with van der Waals surface area (Å²) in [6, 6.07) is 1.75. The Bertz CT molecular complexity index is 879. The lowest BCUT2D eigenvalue weighted by Gasteiger charge is -2.35. The molecule has 0 spiro atoms. The van der Waals surface area contributed by atoms with E-state index >= 15 is 0 Å². The van der Waals surface area contributed by atoms with E-state index in [4.69, 9.17) is 4.42 Å². The monoisotopic (exact) mass is 362 g/mol. The van der Waals surface area contributed by atoms with Gasteiger partial charge < -0.3 is 14.2 Å². The van der Waals surface area contributed by atoms with Crippen LogP contribution in [0.3, 0.4) is 0 Å². The number of H-pyrrole nitrogens is 1. The van der Waals surface area contributed by atoms with E-state index in [1.807, 2.05) is 11.8 Å². The fourth-order valence-corrected chi connectivity index (χ4v) is 3.13. The molecule has 1 amide bonds. The number of piperazine rings is 1. The van der Waals surface area contributed by atoms with Gasteiger partial charge >= 0.3 is 0 Å². The number of carbonyl (C=O) groups excluding carboxylic acids is 1. The first kappa shape index (κ1) is 18.2. The molecule has 0 bridgehead atoms. The highest BCUT2D eigenvalue weighted by Crippen LogP contribution is 2.20. The standard InChI is InChI=1S/C18H23FN4O3/c1-10(2)15-14(19)16(24)21-18(20-15)23-7-5-22(6-8-23)17(25)13-9-11(3)26-12(13)4/h9-10H,5-8H2,1-4H3,(H,20,21,24). The van der Waals surface area contributed by atoms with E-state index in [9.17, 15) is 14.0 Å². The molecule has 2 aromatic heterocycles. The molecule has 1 fully saturated rings. The van der Waals surface area contributed by atoms with E-state index in [0.29, 0.717) is 49.2 Å². The average molecular weight is 362 g/mol. The van der Waals surface area contributed by atoms with Crippen molar-refractivity contribution < 1.29 is 13.6 Å². The van der Waals surface area contributed by atoms with Gasteiger partial charge in [0.1, 0.15) is 11.5 Å². The number of furan rings is 1. The van der Waals surface area contributed by atoms with Gasteiger partial charge in [-0.1, -0.05) is 13.8 Å². The molecule has 3 rings (SSSR count). The molecule has 7 nitrogen and oxygen atoms in total. The van der Waals surface area contributed by atoms with Crippen LogP contribution in [0.4, 0.5) is 10.3 Å². The van der Waals surface area contributed by atoms with Crippen LogP contribution in [0.25, 0.3) is 0 Å². The average Bonchev–Trinajstić information content (AvgIpc) is 2.94. The van der Waals surface area contributed by atoms with E-state index < -0.39 is 11.4 Å². The van der Waals surface area contributed by atoms with Gasteiger partial charge in [0.2, 0.25) is 11.8 Å². The van der Waals surface area contributed by atoms with Crippen molar-refractivity contribution in [3.63, 3.8) is 0 Å². The van der Waals surface area contributed by atoms with Crippen LogP contribution in [0, 0.1) is 19.7 Å². The third kappa shape index (κ3) is 3.36. The SMILES string of the molecule is Cc1cc(C(=O)N2CCN(c3nc(C(C)C)c(F)c(=O)[nH]3)CC2)c(C)o1. The van der Waals surface area contributed by atoms with Crippen molar-refractivity contribution in [2.24, 2.45) is 0 Å². The van der Waals surface area contributed by atoms with Crippen LogP contribution < -0.4 is 10.5 Å². The Hall–Kier alpha value is -2.64. The fourth-order valence-electron chi connectivity index (χ4n) is 3.13. The van der Waals surface area contributed by atoms with Gasteiger partial charge in [0.15, 0.2) is 0 Å². The highest BCUT2D eigenvalue weighted by Gasteiger charge is 2.26. The third-order valence-corrected chi connectivity index (χ3v) is 4.56. The van der Waals surface area contributed by atoms with Crippen LogP contribution in [0.1, 0.15) is 47.3 Å². The van der Waals surface area contributed by atoms with Crippen LogP contribution in [-0.4, -0.2) is 47.0 Å². The van der Waals surface area contributed by atoms with Crippen LogP contribution in [0.15, 0.2) is 15.3 Å². The topological polar surface area (TPSA) is 82.4 Å². The minimum Gasteiger partial charge on any atom is -0.466 e. The first-order chi connectivity index (χ1) is 12.3. The summed E-state index contributed by atoms with van der Waals surface area (Å²) in [5.74, 6) is 0.583. The number of aryl methyl sites for hydroxylation is 2. The smallest absolute Gasteiger partial charge is 0.288 e. The maximum atomic E-state index is 13.9. The Morgan fingerprint density at radius 1 is 1.27 bits per heavy atom. The Morgan fingerprint density at radius 2 is 1.92 bits per heavy atom. The zero-order valence-electron chi connectivity index (χ0n) is 15.4. The van der Waals surface area contributed by atoms with Gasteiger partial charge in [-0.3, -0.25) is 14.6 Å². The van der Waals surface area contributed by atoms with Crippen molar-refractivity contribution in [3.8, 4) is 0 Å². The van der Waals surface area contributed by atoms with Gasteiger partial charge in [-0.15, -0.1) is 0 Å². The molecule has 0 aromatic carbocycles. The molecule has 26 heavy (non-hydrogen) atoms. The number of nitrogens with one attached hydrogen (secondary N) is 1. The molecule has 2 aromatic rings. The van der Waals surface area contributed by atoms with Crippen molar-refractivity contribution in [2.75, 3.05) is 31.1 Å². The van der Waals surface area contributed by atoms with Gasteiger partial charge in [0, 0.05) is 26.2 Å². The first-order valence-electron chi connectivity index (χ1n) is 8.69. The van der Waals surface area contributed by atoms with E-state index in [1.54, 1.807) is 31.7 Å². The van der Waals surface area contributed by atoms with Gasteiger partial charge in [0.05, 0.1) is 11.3 Å². The number of hydrogen-bond acceptors (Lipinski definition) is 5. The summed E-state index contributed by atoms with van der Waals surface area (Å²) in [4.78, 5) is 34.9. The van der Waals surface area contributed by atoms with Crippen LogP contribution in [0.2, 0.25) is 0 Å². The number of amides is 1. The van der Waals surface area contributed by atoms with Crippen molar-refractivity contribution in [3.05, 3.63) is 45.0 Å². The molecule has 0 saturated carbocycles. The number of carbonyl (C=O) groups is 1. The quantitative estimate of drug-likeness (QED) is 0.905. The molecule has 0 radical (unpaired) electrons. The molecule has 0 unspecified atom stereocenters. The zero-order valence-corrected chi connectivity index (χ0v) is 15.4. The molecule has 0 aliphatic carbocycles. The highest BCUT2D eigenvalue weighted by atomic mass is 19.1. The predicted molar refractivity (Wildman–Crippen MR) is 95.2 cm³/mol. The summed E-state index contributed by atoms with van der Waals surface area (Å²) in [7, 11) is 0. The van der Waals surface area contributed by atoms with E-state index in [2.05, 4.69) is 9.97 Å². The summed E-state index contributed by atoms with van der Waals surface area (Å²) in [6.07, 6.45) is 0. The minimum atomic E-state index is -0.830. The summed E-state index contributed by atoms with van der Waals surface area (Å²) in [5.41, 5.74) is -0.0279. The number of hydrogen-bond donors (Lipinski definition) is 1. The molecule has 140 valence electrons. The molecular weight excluding hydrogens is 339 g/mol. The van der Waals surface area contributed by atoms with Crippen LogP contribution in [0.5, 0.6) is 0 Å². The van der Waals surface area contributed by atoms with Crippen molar-refractivity contribution in [1.82, 2.24) is 14.9 Å². The first-order valence-corrected chi connectivity index (χ1v) is 8.69. The van der Waals surface area contributed by atoms with E-state index in [-0.39, 0.29) is 17.5 Å². The normalized spacial score (nSPS) is 15.0. The van der Waals surface area contributed by atoms with E-state index in [0.717, 1.165) is 0 Å². The van der Waals surface area contributed by atoms with Crippen LogP contribution in [-0.2, 0) is 0 Å². The Balaban J connectivity index is 1.74. The molecule has 1 aliphatic heterocycles. The predicted octanol–water partition coefficient (Wildman–Crippen LogP) is 2.20. The number of aromatic amines is 1. The maximum Gasteiger partial charge on any atom is 0.288 e. The van der Waals surface area contributed by atoms with Gasteiger partial charge in [-0.2, -0.15) is 4.39 Å². The lowest BCUT2D eigenvalue weighted by molar-refractivity contribution is 0.0744. The molecule has 1 saturated heterocycles. The second-order valence-corrected chi connectivity index (χ2v) is 6.85. The Labute approximate surface area is 150 Å². The molecule has 1 aliphatic rings. The van der Waals surface area contributed by atoms with Crippen LogP contribution >= 0.6 is 0 Å². The van der Waals surface area contributed by atoms with E-state index in [1.165, 1.54) is 0 Å². The lowest BCUT2D eigenvalue weighted by Crippen LogP contribution is -2.49. The number of nitrogens with zero attached hydrogens (tertiary/aromatic N) is 3. The molecule has 3 heterocycles.